The predicted molar refractivity (Wildman–Crippen MR) is 62.3 cm³/mol. The number of hydrogen-bond acceptors (Lipinski definition) is 4. The quantitative estimate of drug-likeness (QED) is 0.709. The maximum Gasteiger partial charge on any atom is 0.101 e. The molecule has 0 aliphatic carbocycles. The fourth-order valence-electron chi connectivity index (χ4n) is 1.33. The van der Waals surface area contributed by atoms with Crippen LogP contribution in [-0.2, 0) is 4.74 Å². The third-order valence-corrected chi connectivity index (χ3v) is 2.09. The summed E-state index contributed by atoms with van der Waals surface area (Å²) in [6.07, 6.45) is 0. The van der Waals surface area contributed by atoms with E-state index in [1.54, 1.807) is 0 Å². The zero-order chi connectivity index (χ0) is 11.8. The number of nitrogens with zero attached hydrogens (tertiary/aromatic N) is 1. The van der Waals surface area contributed by atoms with E-state index in [0.717, 1.165) is 11.3 Å². The molecule has 0 radical (unpaired) electrons. The van der Waals surface area contributed by atoms with Gasteiger partial charge in [-0.1, -0.05) is 6.07 Å². The summed E-state index contributed by atoms with van der Waals surface area (Å²) in [6, 6.07) is 7.83. The highest BCUT2D eigenvalue weighted by molar-refractivity contribution is 5.58. The number of nitriles is 1. The normalized spacial score (nSPS) is 9.81. The van der Waals surface area contributed by atoms with Gasteiger partial charge in [-0.25, -0.2) is 0 Å². The molecule has 0 atom stereocenters. The maximum absolute atomic E-state index is 8.93. The predicted octanol–water partition coefficient (Wildman–Crippen LogP) is 1.29. The first-order chi connectivity index (χ1) is 7.77. The van der Waals surface area contributed by atoms with Crippen LogP contribution in [0.1, 0.15) is 11.1 Å². The minimum Gasteiger partial charge on any atom is -0.394 e. The van der Waals surface area contributed by atoms with Crippen molar-refractivity contribution in [2.75, 3.05) is 31.7 Å². The Morgan fingerprint density at radius 3 is 2.94 bits per heavy atom. The second-order valence-corrected chi connectivity index (χ2v) is 3.42. The van der Waals surface area contributed by atoms with E-state index in [-0.39, 0.29) is 6.61 Å². The van der Waals surface area contributed by atoms with Gasteiger partial charge in [0.2, 0.25) is 0 Å². The van der Waals surface area contributed by atoms with E-state index in [2.05, 4.69) is 11.4 Å². The lowest BCUT2D eigenvalue weighted by molar-refractivity contribution is 0.0992. The van der Waals surface area contributed by atoms with Gasteiger partial charge in [0.05, 0.1) is 31.1 Å². The molecule has 0 saturated heterocycles. The highest BCUT2D eigenvalue weighted by atomic mass is 16.5. The Kier molecular flexibility index (Phi) is 5.34. The maximum atomic E-state index is 8.93. The second-order valence-electron chi connectivity index (χ2n) is 3.42. The van der Waals surface area contributed by atoms with Crippen LogP contribution in [0.3, 0.4) is 0 Å². The minimum absolute atomic E-state index is 0.0357. The average Bonchev–Trinajstić information content (AvgIpc) is 2.30. The van der Waals surface area contributed by atoms with Crippen LogP contribution in [0, 0.1) is 18.3 Å². The number of benzene rings is 1. The molecule has 4 nitrogen and oxygen atoms in total. The molecule has 4 heteroatoms. The van der Waals surface area contributed by atoms with E-state index in [1.807, 2.05) is 25.1 Å². The highest BCUT2D eigenvalue weighted by Crippen LogP contribution is 2.15. The molecular weight excluding hydrogens is 204 g/mol. The highest BCUT2D eigenvalue weighted by Gasteiger charge is 2.00. The van der Waals surface area contributed by atoms with Crippen molar-refractivity contribution in [3.05, 3.63) is 29.3 Å². The lowest BCUT2D eigenvalue weighted by Gasteiger charge is -2.08. The Balaban J connectivity index is 2.45. The van der Waals surface area contributed by atoms with Crippen molar-refractivity contribution in [2.24, 2.45) is 0 Å². The van der Waals surface area contributed by atoms with Crippen LogP contribution in [0.15, 0.2) is 18.2 Å². The summed E-state index contributed by atoms with van der Waals surface area (Å²) in [7, 11) is 0. The van der Waals surface area contributed by atoms with E-state index in [0.29, 0.717) is 25.3 Å². The van der Waals surface area contributed by atoms with Gasteiger partial charge in [-0.05, 0) is 24.6 Å². The van der Waals surface area contributed by atoms with E-state index in [9.17, 15) is 0 Å². The summed E-state index contributed by atoms with van der Waals surface area (Å²) in [6.45, 7) is 3.47. The summed E-state index contributed by atoms with van der Waals surface area (Å²) < 4.78 is 5.11. The monoisotopic (exact) mass is 220 g/mol. The molecule has 1 rings (SSSR count). The Hall–Kier alpha value is -1.57. The molecule has 2 N–H and O–H groups in total. The van der Waals surface area contributed by atoms with Crippen LogP contribution in [-0.4, -0.2) is 31.5 Å². The number of ether oxygens (including phenoxy) is 1. The molecule has 0 spiro atoms. The van der Waals surface area contributed by atoms with E-state index >= 15 is 0 Å². The molecular formula is C12H16N2O2. The molecule has 0 bridgehead atoms. The van der Waals surface area contributed by atoms with Crippen LogP contribution >= 0.6 is 0 Å². The van der Waals surface area contributed by atoms with Crippen LogP contribution in [0.5, 0.6) is 0 Å². The molecule has 86 valence electrons. The fraction of sp³-hybridized carbons (Fsp3) is 0.417. The van der Waals surface area contributed by atoms with Crippen LogP contribution < -0.4 is 5.32 Å². The summed E-state index contributed by atoms with van der Waals surface area (Å²) in [5.74, 6) is 0. The smallest absolute Gasteiger partial charge is 0.101 e. The summed E-state index contributed by atoms with van der Waals surface area (Å²) in [5, 5.41) is 20.6. The van der Waals surface area contributed by atoms with Crippen LogP contribution in [0.4, 0.5) is 5.69 Å². The first kappa shape index (κ1) is 12.5. The second kappa shape index (κ2) is 6.83. The average molecular weight is 220 g/mol. The molecule has 0 saturated carbocycles. The van der Waals surface area contributed by atoms with Crippen LogP contribution in [0.2, 0.25) is 0 Å². The summed E-state index contributed by atoms with van der Waals surface area (Å²) >= 11 is 0. The molecule has 0 aromatic heterocycles. The van der Waals surface area contributed by atoms with Crippen molar-refractivity contribution >= 4 is 5.69 Å². The largest absolute Gasteiger partial charge is 0.394 e. The van der Waals surface area contributed by atoms with Crippen LogP contribution in [0.25, 0.3) is 0 Å². The molecule has 1 aromatic rings. The van der Waals surface area contributed by atoms with Gasteiger partial charge in [-0.2, -0.15) is 5.26 Å². The van der Waals surface area contributed by atoms with Gasteiger partial charge in [-0.3, -0.25) is 0 Å². The molecule has 16 heavy (non-hydrogen) atoms. The Morgan fingerprint density at radius 1 is 1.44 bits per heavy atom. The van der Waals surface area contributed by atoms with Crippen molar-refractivity contribution in [2.45, 2.75) is 6.92 Å². The van der Waals surface area contributed by atoms with E-state index < -0.39 is 0 Å². The molecule has 1 aromatic carbocycles. The van der Waals surface area contributed by atoms with Gasteiger partial charge in [0.25, 0.3) is 0 Å². The lowest BCUT2D eigenvalue weighted by Crippen LogP contribution is -2.12. The Bertz CT molecular complexity index is 372. The van der Waals surface area contributed by atoms with Crippen molar-refractivity contribution < 1.29 is 9.84 Å². The number of rotatable bonds is 6. The number of aliphatic hydroxyl groups excluding tert-OH is 1. The summed E-state index contributed by atoms with van der Waals surface area (Å²) in [4.78, 5) is 0. The van der Waals surface area contributed by atoms with Crippen molar-refractivity contribution in [3.8, 4) is 6.07 Å². The molecule has 0 unspecified atom stereocenters. The lowest BCUT2D eigenvalue weighted by atomic mass is 10.1. The first-order valence-corrected chi connectivity index (χ1v) is 5.21. The SMILES string of the molecule is Cc1ccc(NCCOCCO)c(C#N)c1. The van der Waals surface area contributed by atoms with Crippen molar-refractivity contribution in [1.82, 2.24) is 0 Å². The van der Waals surface area contributed by atoms with E-state index in [4.69, 9.17) is 15.1 Å². The van der Waals surface area contributed by atoms with Gasteiger partial charge < -0.3 is 15.2 Å². The standard InChI is InChI=1S/C12H16N2O2/c1-10-2-3-12(11(8-10)9-13)14-4-6-16-7-5-15/h2-3,8,14-15H,4-7H2,1H3. The van der Waals surface area contributed by atoms with Gasteiger partial charge in [0.1, 0.15) is 6.07 Å². The first-order valence-electron chi connectivity index (χ1n) is 5.21. The minimum atomic E-state index is 0.0357. The number of nitrogens with one attached hydrogen (secondary N) is 1. The Labute approximate surface area is 95.5 Å². The van der Waals surface area contributed by atoms with Gasteiger partial charge >= 0.3 is 0 Å². The molecule has 0 heterocycles. The zero-order valence-electron chi connectivity index (χ0n) is 9.36. The van der Waals surface area contributed by atoms with Crippen molar-refractivity contribution in [1.29, 1.82) is 5.26 Å². The number of aryl methyl sites for hydroxylation is 1. The third kappa shape index (κ3) is 3.89. The topological polar surface area (TPSA) is 65.3 Å². The van der Waals surface area contributed by atoms with Gasteiger partial charge in [0, 0.05) is 6.54 Å². The molecule has 0 amide bonds. The number of aliphatic hydroxyl groups is 1. The van der Waals surface area contributed by atoms with Crippen molar-refractivity contribution in [3.63, 3.8) is 0 Å². The molecule has 0 aliphatic rings. The third-order valence-electron chi connectivity index (χ3n) is 2.09. The molecule has 0 aliphatic heterocycles. The number of anilines is 1. The van der Waals surface area contributed by atoms with Gasteiger partial charge in [0.15, 0.2) is 0 Å². The fourth-order valence-corrected chi connectivity index (χ4v) is 1.33. The van der Waals surface area contributed by atoms with Gasteiger partial charge in [-0.15, -0.1) is 0 Å². The van der Waals surface area contributed by atoms with E-state index in [1.165, 1.54) is 0 Å². The Morgan fingerprint density at radius 2 is 2.25 bits per heavy atom. The number of hydrogen-bond donors (Lipinski definition) is 2. The zero-order valence-corrected chi connectivity index (χ0v) is 9.36. The molecule has 0 fully saturated rings. The summed E-state index contributed by atoms with van der Waals surface area (Å²) in [5.41, 5.74) is 2.53.